The zero-order chi connectivity index (χ0) is 16.9. The Morgan fingerprint density at radius 1 is 0.917 bits per heavy atom. The molecule has 0 spiro atoms. The molecule has 0 bridgehead atoms. The van der Waals surface area contributed by atoms with E-state index in [1.807, 2.05) is 9.80 Å². The Kier molecular flexibility index (Phi) is 5.38. The third-order valence-electron chi connectivity index (χ3n) is 5.23. The van der Waals surface area contributed by atoms with Crippen molar-refractivity contribution in [2.24, 2.45) is 5.92 Å². The van der Waals surface area contributed by atoms with Crippen molar-refractivity contribution in [2.75, 3.05) is 31.9 Å². The van der Waals surface area contributed by atoms with E-state index in [9.17, 15) is 9.59 Å². The standard InChI is InChI=1S/C19H27N3O2/c20-17-8-6-16(7-9-17)19(24)22-11-3-10-21(12-13-22)18(23)14-15-4-1-2-5-15/h6-9,15H,1-5,10-14,20H2. The molecule has 1 aliphatic heterocycles. The summed E-state index contributed by atoms with van der Waals surface area (Å²) in [5.74, 6) is 0.872. The number of hydrogen-bond acceptors (Lipinski definition) is 3. The number of anilines is 1. The molecule has 1 aromatic carbocycles. The van der Waals surface area contributed by atoms with Crippen molar-refractivity contribution in [3.8, 4) is 0 Å². The Hall–Kier alpha value is -2.04. The van der Waals surface area contributed by atoms with Crippen molar-refractivity contribution in [1.82, 2.24) is 9.80 Å². The van der Waals surface area contributed by atoms with Crippen molar-refractivity contribution in [3.05, 3.63) is 29.8 Å². The molecule has 1 saturated heterocycles. The second-order valence-electron chi connectivity index (χ2n) is 7.00. The minimum atomic E-state index is 0.0279. The van der Waals surface area contributed by atoms with Gasteiger partial charge in [0.25, 0.3) is 5.91 Å². The first kappa shape index (κ1) is 16.8. The summed E-state index contributed by atoms with van der Waals surface area (Å²) < 4.78 is 0. The topological polar surface area (TPSA) is 66.6 Å². The first-order valence-corrected chi connectivity index (χ1v) is 9.06. The van der Waals surface area contributed by atoms with E-state index in [2.05, 4.69) is 0 Å². The number of nitrogens with two attached hydrogens (primary N) is 1. The van der Waals surface area contributed by atoms with Crippen molar-refractivity contribution < 1.29 is 9.59 Å². The molecule has 24 heavy (non-hydrogen) atoms. The molecule has 5 heteroatoms. The quantitative estimate of drug-likeness (QED) is 0.867. The number of carbonyl (C=O) groups excluding carboxylic acids is 2. The van der Waals surface area contributed by atoms with Gasteiger partial charge in [0.15, 0.2) is 0 Å². The Morgan fingerprint density at radius 2 is 1.54 bits per heavy atom. The van der Waals surface area contributed by atoms with Crippen LogP contribution in [0.3, 0.4) is 0 Å². The van der Waals surface area contributed by atoms with Gasteiger partial charge in [0, 0.05) is 43.9 Å². The molecule has 0 radical (unpaired) electrons. The van der Waals surface area contributed by atoms with Crippen LogP contribution < -0.4 is 5.73 Å². The Morgan fingerprint density at radius 3 is 2.25 bits per heavy atom. The highest BCUT2D eigenvalue weighted by molar-refractivity contribution is 5.94. The van der Waals surface area contributed by atoms with E-state index < -0.39 is 0 Å². The normalized spacial score (nSPS) is 19.3. The molecular formula is C19H27N3O2. The number of amides is 2. The molecule has 1 aromatic rings. The number of rotatable bonds is 3. The smallest absolute Gasteiger partial charge is 0.253 e. The third-order valence-corrected chi connectivity index (χ3v) is 5.23. The predicted molar refractivity (Wildman–Crippen MR) is 94.5 cm³/mol. The van der Waals surface area contributed by atoms with Crippen molar-refractivity contribution >= 4 is 17.5 Å². The van der Waals surface area contributed by atoms with Gasteiger partial charge in [-0.25, -0.2) is 0 Å². The Bertz CT molecular complexity index is 579. The van der Waals surface area contributed by atoms with E-state index in [1.165, 1.54) is 25.7 Å². The van der Waals surface area contributed by atoms with E-state index in [1.54, 1.807) is 24.3 Å². The van der Waals surface area contributed by atoms with E-state index in [0.717, 1.165) is 13.0 Å². The van der Waals surface area contributed by atoms with Gasteiger partial charge in [-0.2, -0.15) is 0 Å². The zero-order valence-electron chi connectivity index (χ0n) is 14.2. The minimum Gasteiger partial charge on any atom is -0.399 e. The molecule has 0 aromatic heterocycles. The molecule has 2 N–H and O–H groups in total. The molecule has 2 amide bonds. The molecule has 1 heterocycles. The minimum absolute atomic E-state index is 0.0279. The van der Waals surface area contributed by atoms with Gasteiger partial charge in [0.05, 0.1) is 0 Å². The van der Waals surface area contributed by atoms with Gasteiger partial charge in [-0.05, 0) is 49.4 Å². The van der Waals surface area contributed by atoms with Gasteiger partial charge in [0.2, 0.25) is 5.91 Å². The first-order chi connectivity index (χ1) is 11.6. The fraction of sp³-hybridized carbons (Fsp3) is 0.579. The van der Waals surface area contributed by atoms with Crippen molar-refractivity contribution in [2.45, 2.75) is 38.5 Å². The maximum Gasteiger partial charge on any atom is 0.253 e. The number of nitrogens with zero attached hydrogens (tertiary/aromatic N) is 2. The molecule has 1 aliphatic carbocycles. The molecule has 130 valence electrons. The number of hydrogen-bond donors (Lipinski definition) is 1. The fourth-order valence-electron chi connectivity index (χ4n) is 3.77. The van der Waals surface area contributed by atoms with Crippen LogP contribution in [0, 0.1) is 5.92 Å². The van der Waals surface area contributed by atoms with Crippen LogP contribution in [0.1, 0.15) is 48.9 Å². The van der Waals surface area contributed by atoms with Crippen LogP contribution in [-0.2, 0) is 4.79 Å². The molecule has 1 saturated carbocycles. The largest absolute Gasteiger partial charge is 0.399 e. The van der Waals surface area contributed by atoms with Gasteiger partial charge < -0.3 is 15.5 Å². The zero-order valence-corrected chi connectivity index (χ0v) is 14.2. The molecule has 2 aliphatic rings. The summed E-state index contributed by atoms with van der Waals surface area (Å²) >= 11 is 0. The van der Waals surface area contributed by atoms with E-state index in [4.69, 9.17) is 5.73 Å². The number of carbonyl (C=O) groups is 2. The van der Waals surface area contributed by atoms with Gasteiger partial charge in [0.1, 0.15) is 0 Å². The lowest BCUT2D eigenvalue weighted by Gasteiger charge is -2.23. The van der Waals surface area contributed by atoms with Crippen LogP contribution in [0.25, 0.3) is 0 Å². The van der Waals surface area contributed by atoms with Crippen LogP contribution in [0.2, 0.25) is 0 Å². The highest BCUT2D eigenvalue weighted by Crippen LogP contribution is 2.28. The highest BCUT2D eigenvalue weighted by Gasteiger charge is 2.25. The molecule has 0 atom stereocenters. The van der Waals surface area contributed by atoms with Gasteiger partial charge >= 0.3 is 0 Å². The Labute approximate surface area is 143 Å². The number of nitrogen functional groups attached to an aromatic ring is 1. The average Bonchev–Trinajstić information content (AvgIpc) is 2.96. The summed E-state index contributed by atoms with van der Waals surface area (Å²) in [4.78, 5) is 28.9. The van der Waals surface area contributed by atoms with Crippen LogP contribution in [-0.4, -0.2) is 47.8 Å². The lowest BCUT2D eigenvalue weighted by atomic mass is 10.0. The molecule has 2 fully saturated rings. The van der Waals surface area contributed by atoms with Crippen LogP contribution in [0.4, 0.5) is 5.69 Å². The second kappa shape index (κ2) is 7.69. The third kappa shape index (κ3) is 4.08. The average molecular weight is 329 g/mol. The van der Waals surface area contributed by atoms with Crippen molar-refractivity contribution in [1.29, 1.82) is 0 Å². The summed E-state index contributed by atoms with van der Waals surface area (Å²) in [6.07, 6.45) is 6.45. The highest BCUT2D eigenvalue weighted by atomic mass is 16.2. The second-order valence-corrected chi connectivity index (χ2v) is 7.00. The fourth-order valence-corrected chi connectivity index (χ4v) is 3.77. The SMILES string of the molecule is Nc1ccc(C(=O)N2CCCN(C(=O)CC3CCCC3)CC2)cc1. The van der Waals surface area contributed by atoms with E-state index >= 15 is 0 Å². The summed E-state index contributed by atoms with van der Waals surface area (Å²) in [6, 6.07) is 7.04. The summed E-state index contributed by atoms with van der Waals surface area (Å²) in [7, 11) is 0. The van der Waals surface area contributed by atoms with E-state index in [-0.39, 0.29) is 11.8 Å². The molecule has 0 unspecified atom stereocenters. The van der Waals surface area contributed by atoms with Crippen LogP contribution in [0.15, 0.2) is 24.3 Å². The van der Waals surface area contributed by atoms with Gasteiger partial charge in [-0.15, -0.1) is 0 Å². The van der Waals surface area contributed by atoms with Crippen molar-refractivity contribution in [3.63, 3.8) is 0 Å². The van der Waals surface area contributed by atoms with Crippen LogP contribution >= 0.6 is 0 Å². The number of benzene rings is 1. The lowest BCUT2D eigenvalue weighted by molar-refractivity contribution is -0.132. The Balaban J connectivity index is 1.55. The summed E-state index contributed by atoms with van der Waals surface area (Å²) in [5.41, 5.74) is 7.00. The van der Waals surface area contributed by atoms with E-state index in [0.29, 0.717) is 43.2 Å². The molecular weight excluding hydrogens is 302 g/mol. The monoisotopic (exact) mass is 329 g/mol. The molecule has 5 nitrogen and oxygen atoms in total. The van der Waals surface area contributed by atoms with Gasteiger partial charge in [-0.3, -0.25) is 9.59 Å². The lowest BCUT2D eigenvalue weighted by Crippen LogP contribution is -2.37. The maximum atomic E-state index is 12.6. The predicted octanol–water partition coefficient (Wildman–Crippen LogP) is 2.52. The molecule has 3 rings (SSSR count). The van der Waals surface area contributed by atoms with Gasteiger partial charge in [-0.1, -0.05) is 12.8 Å². The maximum absolute atomic E-state index is 12.6. The summed E-state index contributed by atoms with van der Waals surface area (Å²) in [5, 5.41) is 0. The first-order valence-electron chi connectivity index (χ1n) is 9.06. The summed E-state index contributed by atoms with van der Waals surface area (Å²) in [6.45, 7) is 2.72. The van der Waals surface area contributed by atoms with Crippen LogP contribution in [0.5, 0.6) is 0 Å².